The third kappa shape index (κ3) is 1.79. The zero-order valence-corrected chi connectivity index (χ0v) is 8.99. The molecule has 0 spiro atoms. The number of hydrogen-bond acceptors (Lipinski definition) is 2. The molecule has 1 heterocycles. The molecule has 0 aliphatic carbocycles. The van der Waals surface area contributed by atoms with Crippen LogP contribution in [0.4, 0.5) is 4.39 Å². The van der Waals surface area contributed by atoms with Gasteiger partial charge >= 0.3 is 0 Å². The summed E-state index contributed by atoms with van der Waals surface area (Å²) < 4.78 is 13.7. The zero-order chi connectivity index (χ0) is 10.1. The Morgan fingerprint density at radius 3 is 2.79 bits per heavy atom. The molecule has 0 fully saturated rings. The van der Waals surface area contributed by atoms with Crippen LogP contribution < -0.4 is 0 Å². The molecule has 2 rings (SSSR count). The van der Waals surface area contributed by atoms with Gasteiger partial charge in [-0.3, -0.25) is 0 Å². The standard InChI is InChI=1S/C10H7ClFNS/c1-6-2-3-7(4-8(6)12)9-5-14-10(11)13-9/h2-5H,1H3. The quantitative estimate of drug-likeness (QED) is 0.720. The second-order valence-corrected chi connectivity index (χ2v) is 4.39. The number of hydrogen-bond donors (Lipinski definition) is 0. The summed E-state index contributed by atoms with van der Waals surface area (Å²) in [6, 6.07) is 5.04. The van der Waals surface area contributed by atoms with Gasteiger partial charge in [-0.1, -0.05) is 23.7 Å². The number of aryl methyl sites for hydroxylation is 1. The highest BCUT2D eigenvalue weighted by atomic mass is 35.5. The van der Waals surface area contributed by atoms with Gasteiger partial charge in [-0.2, -0.15) is 0 Å². The van der Waals surface area contributed by atoms with Crippen molar-refractivity contribution < 1.29 is 4.39 Å². The maximum Gasteiger partial charge on any atom is 0.184 e. The molecule has 1 aromatic carbocycles. The van der Waals surface area contributed by atoms with Gasteiger partial charge in [0.25, 0.3) is 0 Å². The number of benzene rings is 1. The van der Waals surface area contributed by atoms with E-state index in [1.54, 1.807) is 13.0 Å². The maximum atomic E-state index is 13.2. The van der Waals surface area contributed by atoms with Crippen molar-refractivity contribution >= 4 is 22.9 Å². The Balaban J connectivity index is 2.47. The Hall–Kier alpha value is -0.930. The Morgan fingerprint density at radius 1 is 1.43 bits per heavy atom. The van der Waals surface area contributed by atoms with Gasteiger partial charge in [0.05, 0.1) is 5.69 Å². The van der Waals surface area contributed by atoms with Crippen molar-refractivity contribution in [3.05, 3.63) is 39.4 Å². The lowest BCUT2D eigenvalue weighted by molar-refractivity contribution is 0.619. The summed E-state index contributed by atoms with van der Waals surface area (Å²) >= 11 is 7.04. The van der Waals surface area contributed by atoms with Gasteiger partial charge in [-0.25, -0.2) is 9.37 Å². The first-order valence-electron chi connectivity index (χ1n) is 4.04. The van der Waals surface area contributed by atoms with Crippen molar-refractivity contribution in [1.29, 1.82) is 0 Å². The predicted octanol–water partition coefficient (Wildman–Crippen LogP) is 3.91. The van der Waals surface area contributed by atoms with Gasteiger partial charge in [0.1, 0.15) is 5.82 Å². The Labute approximate surface area is 90.2 Å². The summed E-state index contributed by atoms with van der Waals surface area (Å²) in [7, 11) is 0. The molecule has 0 radical (unpaired) electrons. The average Bonchev–Trinajstić information content (AvgIpc) is 2.57. The van der Waals surface area contributed by atoms with Gasteiger partial charge in [0.2, 0.25) is 0 Å². The van der Waals surface area contributed by atoms with E-state index in [1.165, 1.54) is 17.4 Å². The summed E-state index contributed by atoms with van der Waals surface area (Å²) in [4.78, 5) is 4.07. The highest BCUT2D eigenvalue weighted by Gasteiger charge is 2.05. The summed E-state index contributed by atoms with van der Waals surface area (Å²) in [5.41, 5.74) is 2.12. The Kier molecular flexibility index (Phi) is 2.52. The zero-order valence-electron chi connectivity index (χ0n) is 7.42. The minimum atomic E-state index is -0.216. The van der Waals surface area contributed by atoms with Gasteiger partial charge in [0, 0.05) is 10.9 Å². The lowest BCUT2D eigenvalue weighted by Gasteiger charge is -1.99. The molecular formula is C10H7ClFNS. The van der Waals surface area contributed by atoms with Crippen LogP contribution in [0.2, 0.25) is 4.47 Å². The Bertz CT molecular complexity index is 467. The van der Waals surface area contributed by atoms with Gasteiger partial charge in [-0.05, 0) is 18.6 Å². The molecule has 0 bridgehead atoms. The molecular weight excluding hydrogens is 221 g/mol. The normalized spacial score (nSPS) is 10.5. The van der Waals surface area contributed by atoms with Gasteiger partial charge in [0.15, 0.2) is 4.47 Å². The van der Waals surface area contributed by atoms with E-state index < -0.39 is 0 Å². The molecule has 4 heteroatoms. The molecule has 0 amide bonds. The fraction of sp³-hybridized carbons (Fsp3) is 0.100. The van der Waals surface area contributed by atoms with Crippen LogP contribution in [0.15, 0.2) is 23.6 Å². The number of rotatable bonds is 1. The first-order valence-corrected chi connectivity index (χ1v) is 5.30. The first kappa shape index (κ1) is 9.62. The van der Waals surface area contributed by atoms with Crippen molar-refractivity contribution in [3.8, 4) is 11.3 Å². The van der Waals surface area contributed by atoms with Crippen LogP contribution in [-0.2, 0) is 0 Å². The molecule has 72 valence electrons. The van der Waals surface area contributed by atoms with E-state index in [-0.39, 0.29) is 5.82 Å². The number of aromatic nitrogens is 1. The SMILES string of the molecule is Cc1ccc(-c2csc(Cl)n2)cc1F. The highest BCUT2D eigenvalue weighted by molar-refractivity contribution is 7.14. The first-order chi connectivity index (χ1) is 6.66. The largest absolute Gasteiger partial charge is 0.225 e. The minimum Gasteiger partial charge on any atom is -0.225 e. The summed E-state index contributed by atoms with van der Waals surface area (Å²) in [6.45, 7) is 1.73. The molecule has 14 heavy (non-hydrogen) atoms. The fourth-order valence-electron chi connectivity index (χ4n) is 1.14. The number of halogens is 2. The maximum absolute atomic E-state index is 13.2. The monoisotopic (exact) mass is 227 g/mol. The van der Waals surface area contributed by atoms with Gasteiger partial charge in [-0.15, -0.1) is 11.3 Å². The van der Waals surface area contributed by atoms with E-state index in [0.717, 1.165) is 11.3 Å². The van der Waals surface area contributed by atoms with Gasteiger partial charge < -0.3 is 0 Å². The summed E-state index contributed by atoms with van der Waals surface area (Å²) in [5, 5.41) is 1.81. The molecule has 0 unspecified atom stereocenters. The average molecular weight is 228 g/mol. The molecule has 0 saturated heterocycles. The van der Waals surface area contributed by atoms with Crippen molar-refractivity contribution in [1.82, 2.24) is 4.98 Å². The van der Waals surface area contributed by atoms with E-state index in [0.29, 0.717) is 10.0 Å². The van der Waals surface area contributed by atoms with E-state index in [2.05, 4.69) is 4.98 Å². The molecule has 0 aliphatic rings. The summed E-state index contributed by atoms with van der Waals surface area (Å²) in [5.74, 6) is -0.216. The van der Waals surface area contributed by atoms with Crippen LogP contribution >= 0.6 is 22.9 Å². The molecule has 1 aromatic heterocycles. The molecule has 0 aliphatic heterocycles. The number of nitrogens with zero attached hydrogens (tertiary/aromatic N) is 1. The highest BCUT2D eigenvalue weighted by Crippen LogP contribution is 2.25. The van der Waals surface area contributed by atoms with E-state index in [4.69, 9.17) is 11.6 Å². The molecule has 0 N–H and O–H groups in total. The Morgan fingerprint density at radius 2 is 2.21 bits per heavy atom. The summed E-state index contributed by atoms with van der Waals surface area (Å²) in [6.07, 6.45) is 0. The molecule has 1 nitrogen and oxygen atoms in total. The van der Waals surface area contributed by atoms with Crippen LogP contribution in [0.3, 0.4) is 0 Å². The van der Waals surface area contributed by atoms with Crippen molar-refractivity contribution in [2.45, 2.75) is 6.92 Å². The van der Waals surface area contributed by atoms with Crippen LogP contribution in [0.1, 0.15) is 5.56 Å². The second-order valence-electron chi connectivity index (χ2n) is 2.95. The smallest absolute Gasteiger partial charge is 0.184 e. The minimum absolute atomic E-state index is 0.216. The second kappa shape index (κ2) is 3.67. The van der Waals surface area contributed by atoms with E-state index in [1.807, 2.05) is 11.4 Å². The third-order valence-electron chi connectivity index (χ3n) is 1.94. The third-order valence-corrected chi connectivity index (χ3v) is 2.92. The number of thiazole rings is 1. The van der Waals surface area contributed by atoms with Crippen molar-refractivity contribution in [2.75, 3.05) is 0 Å². The van der Waals surface area contributed by atoms with E-state index in [9.17, 15) is 4.39 Å². The van der Waals surface area contributed by atoms with Crippen molar-refractivity contribution in [2.24, 2.45) is 0 Å². The topological polar surface area (TPSA) is 12.9 Å². The molecule has 2 aromatic rings. The van der Waals surface area contributed by atoms with Crippen LogP contribution in [0.5, 0.6) is 0 Å². The molecule has 0 saturated carbocycles. The predicted molar refractivity (Wildman–Crippen MR) is 57.3 cm³/mol. The lowest BCUT2D eigenvalue weighted by Crippen LogP contribution is -1.84. The van der Waals surface area contributed by atoms with Crippen LogP contribution in [0.25, 0.3) is 11.3 Å². The van der Waals surface area contributed by atoms with Crippen molar-refractivity contribution in [3.63, 3.8) is 0 Å². The lowest BCUT2D eigenvalue weighted by atomic mass is 10.1. The molecule has 0 atom stereocenters. The fourth-order valence-corrected chi connectivity index (χ4v) is 1.91. The van der Waals surface area contributed by atoms with Crippen LogP contribution in [-0.4, -0.2) is 4.98 Å². The van der Waals surface area contributed by atoms with E-state index >= 15 is 0 Å². The van der Waals surface area contributed by atoms with Crippen LogP contribution in [0, 0.1) is 12.7 Å².